The van der Waals surface area contributed by atoms with Gasteiger partial charge in [-0.15, -0.1) is 0 Å². The van der Waals surface area contributed by atoms with Gasteiger partial charge in [0.1, 0.15) is 18.4 Å². The molecule has 2 heterocycles. The van der Waals surface area contributed by atoms with E-state index in [2.05, 4.69) is 23.1 Å². The van der Waals surface area contributed by atoms with Crippen LogP contribution in [0.5, 0.6) is 5.75 Å². The van der Waals surface area contributed by atoms with Gasteiger partial charge in [0.05, 0.1) is 10.3 Å². The molecule has 1 aliphatic carbocycles. The number of carbonyl (C=O) groups is 1. The fraction of sp³-hybridized carbons (Fsp3) is 0.682. The first-order valence-electron chi connectivity index (χ1n) is 11.5. The van der Waals surface area contributed by atoms with Crippen LogP contribution in [-0.2, 0) is 14.8 Å². The maximum absolute atomic E-state index is 13.5. The molecule has 33 heavy (non-hydrogen) atoms. The number of carbonyl (C=O) groups excluding carboxylic acids is 1. The summed E-state index contributed by atoms with van der Waals surface area (Å²) in [5, 5.41) is 2.70. The van der Waals surface area contributed by atoms with Crippen molar-refractivity contribution < 1.29 is 17.9 Å². The lowest BCUT2D eigenvalue weighted by Gasteiger charge is -2.44. The van der Waals surface area contributed by atoms with Gasteiger partial charge >= 0.3 is 0 Å². The van der Waals surface area contributed by atoms with Crippen LogP contribution in [0.4, 0.5) is 5.69 Å². The largest absolute Gasteiger partial charge is 0.491 e. The molecule has 4 rings (SSSR count). The fourth-order valence-corrected chi connectivity index (χ4v) is 7.74. The van der Waals surface area contributed by atoms with Crippen LogP contribution in [0.3, 0.4) is 0 Å². The SMILES string of the molecule is CC1CC2CNNC2C(S(=O)(=O)N2CC[C@H]2C(=O)Nc2ccc(OCCN(C)C)c(Cl)c2)C1. The minimum Gasteiger partial charge on any atom is -0.491 e. The zero-order chi connectivity index (χ0) is 23.8. The lowest BCUT2D eigenvalue weighted by molar-refractivity contribution is -0.122. The number of ether oxygens (including phenoxy) is 1. The summed E-state index contributed by atoms with van der Waals surface area (Å²) in [5.41, 5.74) is 6.80. The monoisotopic (exact) mass is 499 g/mol. The number of sulfonamides is 1. The number of rotatable bonds is 8. The zero-order valence-corrected chi connectivity index (χ0v) is 21.0. The third-order valence-corrected chi connectivity index (χ3v) is 9.50. The topological polar surface area (TPSA) is 103 Å². The van der Waals surface area contributed by atoms with Gasteiger partial charge < -0.3 is 15.0 Å². The highest BCUT2D eigenvalue weighted by Crippen LogP contribution is 2.38. The first kappa shape index (κ1) is 24.7. The van der Waals surface area contributed by atoms with E-state index < -0.39 is 21.3 Å². The minimum absolute atomic E-state index is 0.116. The standard InChI is InChI=1S/C22H34ClN5O4S/c1-14-10-15-13-24-26-21(15)20(11-14)33(30,31)28-7-6-18(28)22(29)25-16-4-5-19(17(23)12-16)32-9-8-27(2)3/h4-5,12,14-15,18,20-21,24,26H,6-11,13H2,1-3H3,(H,25,29)/t14?,15?,18-,20?,21?/m0/s1. The summed E-state index contributed by atoms with van der Waals surface area (Å²) in [6.45, 7) is 4.51. The van der Waals surface area contributed by atoms with Gasteiger partial charge in [0.25, 0.3) is 0 Å². The van der Waals surface area contributed by atoms with E-state index in [1.54, 1.807) is 18.2 Å². The van der Waals surface area contributed by atoms with E-state index in [-0.39, 0.29) is 11.9 Å². The fourth-order valence-electron chi connectivity index (χ4n) is 5.01. The lowest BCUT2D eigenvalue weighted by atomic mass is 9.79. The number of benzene rings is 1. The molecule has 1 saturated carbocycles. The number of nitrogens with one attached hydrogen (secondary N) is 3. The van der Waals surface area contributed by atoms with Crippen molar-refractivity contribution in [3.8, 4) is 5.75 Å². The third kappa shape index (κ3) is 5.31. The summed E-state index contributed by atoms with van der Waals surface area (Å²) in [4.78, 5) is 15.0. The number of halogens is 1. The number of fused-ring (bicyclic) bond motifs is 1. The highest BCUT2D eigenvalue weighted by molar-refractivity contribution is 7.89. The highest BCUT2D eigenvalue weighted by atomic mass is 35.5. The van der Waals surface area contributed by atoms with Gasteiger partial charge in [-0.2, -0.15) is 4.31 Å². The molecule has 0 bridgehead atoms. The van der Waals surface area contributed by atoms with Crippen LogP contribution in [-0.4, -0.2) is 81.2 Å². The van der Waals surface area contributed by atoms with Crippen molar-refractivity contribution in [3.05, 3.63) is 23.2 Å². The second-order valence-electron chi connectivity index (χ2n) is 9.67. The summed E-state index contributed by atoms with van der Waals surface area (Å²) in [7, 11) is 0.309. The van der Waals surface area contributed by atoms with Gasteiger partial charge in [0.15, 0.2) is 0 Å². The summed E-state index contributed by atoms with van der Waals surface area (Å²) in [6.07, 6.45) is 2.12. The maximum atomic E-state index is 13.5. The first-order chi connectivity index (χ1) is 15.7. The molecular weight excluding hydrogens is 466 g/mol. The van der Waals surface area contributed by atoms with Crippen molar-refractivity contribution in [2.75, 3.05) is 45.7 Å². The quantitative estimate of drug-likeness (QED) is 0.498. The second-order valence-corrected chi connectivity index (χ2v) is 12.2. The molecule has 3 aliphatic rings. The molecule has 2 aliphatic heterocycles. The van der Waals surface area contributed by atoms with Gasteiger partial charge in [-0.3, -0.25) is 15.6 Å². The minimum atomic E-state index is -3.61. The molecule has 4 unspecified atom stereocenters. The van der Waals surface area contributed by atoms with Crippen molar-refractivity contribution in [2.45, 2.75) is 43.5 Å². The number of amides is 1. The van der Waals surface area contributed by atoms with Crippen LogP contribution < -0.4 is 20.9 Å². The number of hydrogen-bond donors (Lipinski definition) is 3. The Labute approximate surface area is 201 Å². The molecule has 1 amide bonds. The number of hydrazine groups is 1. The number of likely N-dealkylation sites (N-methyl/N-ethyl adjacent to an activating group) is 1. The molecule has 0 aromatic heterocycles. The second kappa shape index (κ2) is 10.1. The van der Waals surface area contributed by atoms with Gasteiger partial charge in [-0.1, -0.05) is 18.5 Å². The molecule has 184 valence electrons. The number of anilines is 1. The average molecular weight is 500 g/mol. The van der Waals surface area contributed by atoms with Crippen LogP contribution in [0.15, 0.2) is 18.2 Å². The molecule has 1 aromatic carbocycles. The Morgan fingerprint density at radius 1 is 1.33 bits per heavy atom. The van der Waals surface area contributed by atoms with E-state index in [1.165, 1.54) is 4.31 Å². The molecule has 9 nitrogen and oxygen atoms in total. The summed E-state index contributed by atoms with van der Waals surface area (Å²) in [5.74, 6) is 0.840. The molecule has 11 heteroatoms. The molecule has 5 atom stereocenters. The Kier molecular flexibility index (Phi) is 7.52. The van der Waals surface area contributed by atoms with E-state index in [0.717, 1.165) is 19.5 Å². The summed E-state index contributed by atoms with van der Waals surface area (Å²) in [6, 6.07) is 4.24. The van der Waals surface area contributed by atoms with Crippen molar-refractivity contribution in [3.63, 3.8) is 0 Å². The van der Waals surface area contributed by atoms with E-state index in [1.807, 2.05) is 19.0 Å². The third-order valence-electron chi connectivity index (χ3n) is 6.86. The molecule has 0 radical (unpaired) electrons. The molecule has 2 saturated heterocycles. The predicted molar refractivity (Wildman–Crippen MR) is 129 cm³/mol. The summed E-state index contributed by atoms with van der Waals surface area (Å²) >= 11 is 6.31. The van der Waals surface area contributed by atoms with Crippen LogP contribution in [0.25, 0.3) is 0 Å². The van der Waals surface area contributed by atoms with Gasteiger partial charge in [-0.25, -0.2) is 8.42 Å². The van der Waals surface area contributed by atoms with E-state index in [4.69, 9.17) is 16.3 Å². The van der Waals surface area contributed by atoms with Gasteiger partial charge in [-0.05, 0) is 63.4 Å². The van der Waals surface area contributed by atoms with E-state index in [9.17, 15) is 13.2 Å². The van der Waals surface area contributed by atoms with Crippen molar-refractivity contribution in [2.24, 2.45) is 11.8 Å². The Morgan fingerprint density at radius 3 is 2.79 bits per heavy atom. The Balaban J connectivity index is 1.40. The van der Waals surface area contributed by atoms with Crippen LogP contribution >= 0.6 is 11.6 Å². The average Bonchev–Trinajstić information content (AvgIpc) is 3.15. The van der Waals surface area contributed by atoms with Crippen molar-refractivity contribution in [1.82, 2.24) is 20.1 Å². The van der Waals surface area contributed by atoms with Crippen molar-refractivity contribution in [1.29, 1.82) is 0 Å². The summed E-state index contributed by atoms with van der Waals surface area (Å²) < 4.78 is 34.1. The smallest absolute Gasteiger partial charge is 0.242 e. The van der Waals surface area contributed by atoms with Gasteiger partial charge in [0.2, 0.25) is 15.9 Å². The maximum Gasteiger partial charge on any atom is 0.242 e. The van der Waals surface area contributed by atoms with E-state index in [0.29, 0.717) is 54.3 Å². The molecule has 0 spiro atoms. The van der Waals surface area contributed by atoms with Crippen LogP contribution in [0, 0.1) is 11.8 Å². The predicted octanol–water partition coefficient (Wildman–Crippen LogP) is 1.51. The molecule has 3 fully saturated rings. The molecule has 1 aromatic rings. The Morgan fingerprint density at radius 2 is 2.12 bits per heavy atom. The molecule has 3 N–H and O–H groups in total. The Hall–Kier alpha value is -1.43. The highest BCUT2D eigenvalue weighted by Gasteiger charge is 2.51. The first-order valence-corrected chi connectivity index (χ1v) is 13.4. The van der Waals surface area contributed by atoms with Crippen LogP contribution in [0.2, 0.25) is 5.02 Å². The Bertz CT molecular complexity index is 976. The van der Waals surface area contributed by atoms with E-state index >= 15 is 0 Å². The lowest BCUT2D eigenvalue weighted by Crippen LogP contribution is -2.62. The normalized spacial score (nSPS) is 30.0. The molecular formula is C22H34ClN5O4S. The van der Waals surface area contributed by atoms with Crippen LogP contribution in [0.1, 0.15) is 26.2 Å². The van der Waals surface area contributed by atoms with Gasteiger partial charge in [0, 0.05) is 31.4 Å². The zero-order valence-electron chi connectivity index (χ0n) is 19.4. The van der Waals surface area contributed by atoms with Crippen molar-refractivity contribution >= 4 is 33.2 Å². The number of nitrogens with zero attached hydrogens (tertiary/aromatic N) is 2. The number of hydrogen-bond acceptors (Lipinski definition) is 7.